The van der Waals surface area contributed by atoms with Crippen molar-refractivity contribution in [1.82, 2.24) is 15.5 Å². The van der Waals surface area contributed by atoms with Gasteiger partial charge in [0, 0.05) is 39.8 Å². The van der Waals surface area contributed by atoms with Gasteiger partial charge in [0.05, 0.1) is 20.3 Å². The molecule has 6 heteroatoms. The predicted octanol–water partition coefficient (Wildman–Crippen LogP) is 3.55. The molecule has 0 unspecified atom stereocenters. The fraction of sp³-hybridized carbons (Fsp3) is 0.346. The van der Waals surface area contributed by atoms with E-state index in [1.54, 1.807) is 7.11 Å². The number of benzene rings is 3. The Morgan fingerprint density at radius 2 is 1.66 bits per heavy atom. The largest absolute Gasteiger partial charge is 0.497 e. The number of aliphatic imine (C=N–C) groups is 1. The SMILES string of the molecule is CN=C(NCc1ccc2cc(OC)ccc2c1)NCc1ccccc1CN1CCOCC1. The molecule has 0 radical (unpaired) electrons. The summed E-state index contributed by atoms with van der Waals surface area (Å²) in [5, 5.41) is 9.27. The van der Waals surface area contributed by atoms with Crippen LogP contribution in [-0.2, 0) is 24.4 Å². The highest BCUT2D eigenvalue weighted by molar-refractivity contribution is 5.85. The summed E-state index contributed by atoms with van der Waals surface area (Å²) in [4.78, 5) is 6.85. The molecule has 0 aliphatic carbocycles. The van der Waals surface area contributed by atoms with E-state index in [-0.39, 0.29) is 0 Å². The third kappa shape index (κ3) is 5.78. The van der Waals surface area contributed by atoms with Gasteiger partial charge in [0.1, 0.15) is 5.75 Å². The fourth-order valence-electron chi connectivity index (χ4n) is 3.98. The molecule has 32 heavy (non-hydrogen) atoms. The third-order valence-corrected chi connectivity index (χ3v) is 5.86. The Kier molecular flexibility index (Phi) is 7.59. The van der Waals surface area contributed by atoms with E-state index in [0.717, 1.165) is 51.1 Å². The van der Waals surface area contributed by atoms with Gasteiger partial charge in [-0.15, -0.1) is 0 Å². The molecular formula is C26H32N4O2. The molecule has 1 aliphatic heterocycles. The molecule has 1 fully saturated rings. The van der Waals surface area contributed by atoms with Gasteiger partial charge in [-0.3, -0.25) is 9.89 Å². The third-order valence-electron chi connectivity index (χ3n) is 5.86. The summed E-state index contributed by atoms with van der Waals surface area (Å²) in [5.74, 6) is 1.67. The topological polar surface area (TPSA) is 58.1 Å². The highest BCUT2D eigenvalue weighted by Crippen LogP contribution is 2.21. The Hall–Kier alpha value is -3.09. The Morgan fingerprint density at radius 1 is 0.938 bits per heavy atom. The second kappa shape index (κ2) is 11.0. The molecule has 0 aromatic heterocycles. The van der Waals surface area contributed by atoms with E-state index in [1.165, 1.54) is 27.5 Å². The minimum Gasteiger partial charge on any atom is -0.497 e. The van der Waals surface area contributed by atoms with Crippen LogP contribution in [0.15, 0.2) is 65.7 Å². The monoisotopic (exact) mass is 432 g/mol. The number of fused-ring (bicyclic) bond motifs is 1. The van der Waals surface area contributed by atoms with Crippen LogP contribution in [0.3, 0.4) is 0 Å². The number of nitrogens with zero attached hydrogens (tertiary/aromatic N) is 2. The van der Waals surface area contributed by atoms with Gasteiger partial charge in [-0.2, -0.15) is 0 Å². The van der Waals surface area contributed by atoms with Crippen molar-refractivity contribution in [2.45, 2.75) is 19.6 Å². The second-order valence-electron chi connectivity index (χ2n) is 7.98. The van der Waals surface area contributed by atoms with E-state index in [1.807, 2.05) is 13.1 Å². The van der Waals surface area contributed by atoms with E-state index in [4.69, 9.17) is 9.47 Å². The van der Waals surface area contributed by atoms with Gasteiger partial charge in [-0.25, -0.2) is 0 Å². The van der Waals surface area contributed by atoms with Crippen molar-refractivity contribution in [3.63, 3.8) is 0 Å². The summed E-state index contributed by atoms with van der Waals surface area (Å²) < 4.78 is 10.8. The Balaban J connectivity index is 1.34. The quantitative estimate of drug-likeness (QED) is 0.442. The molecule has 2 N–H and O–H groups in total. The molecule has 1 aliphatic rings. The summed E-state index contributed by atoms with van der Waals surface area (Å²) >= 11 is 0. The molecule has 0 amide bonds. The van der Waals surface area contributed by atoms with Crippen molar-refractivity contribution >= 4 is 16.7 Å². The van der Waals surface area contributed by atoms with Crippen LogP contribution >= 0.6 is 0 Å². The van der Waals surface area contributed by atoms with E-state index >= 15 is 0 Å². The summed E-state index contributed by atoms with van der Waals surface area (Å²) in [7, 11) is 3.50. The van der Waals surface area contributed by atoms with Crippen molar-refractivity contribution < 1.29 is 9.47 Å². The highest BCUT2D eigenvalue weighted by atomic mass is 16.5. The summed E-state index contributed by atoms with van der Waals surface area (Å²) in [5.41, 5.74) is 3.85. The lowest BCUT2D eigenvalue weighted by atomic mass is 10.1. The Bertz CT molecular complexity index is 1060. The minimum atomic E-state index is 0.705. The van der Waals surface area contributed by atoms with Crippen molar-refractivity contribution in [1.29, 1.82) is 0 Å². The molecule has 6 nitrogen and oxygen atoms in total. The lowest BCUT2D eigenvalue weighted by molar-refractivity contribution is 0.0341. The smallest absolute Gasteiger partial charge is 0.191 e. The summed E-state index contributed by atoms with van der Waals surface area (Å²) in [6.45, 7) is 6.01. The van der Waals surface area contributed by atoms with Crippen LogP contribution in [0.4, 0.5) is 0 Å². The maximum absolute atomic E-state index is 5.47. The van der Waals surface area contributed by atoms with Crippen molar-refractivity contribution in [3.8, 4) is 5.75 Å². The Labute approximate surface area is 190 Å². The van der Waals surface area contributed by atoms with Crippen molar-refractivity contribution in [2.75, 3.05) is 40.5 Å². The number of morpholine rings is 1. The van der Waals surface area contributed by atoms with Crippen LogP contribution in [0.2, 0.25) is 0 Å². The standard InChI is InChI=1S/C26H32N4O2/c1-27-26(28-17-20-7-8-22-16-25(31-2)10-9-21(22)15-20)29-18-23-5-3-4-6-24(23)19-30-11-13-32-14-12-30/h3-10,15-16H,11-14,17-19H2,1-2H3,(H2,27,28,29). The van der Waals surface area contributed by atoms with Crippen LogP contribution < -0.4 is 15.4 Å². The number of hydrogen-bond acceptors (Lipinski definition) is 4. The molecule has 0 spiro atoms. The van der Waals surface area contributed by atoms with Crippen LogP contribution in [0.1, 0.15) is 16.7 Å². The zero-order chi connectivity index (χ0) is 22.2. The van der Waals surface area contributed by atoms with Crippen LogP contribution in [0, 0.1) is 0 Å². The van der Waals surface area contributed by atoms with Gasteiger partial charge >= 0.3 is 0 Å². The number of hydrogen-bond donors (Lipinski definition) is 2. The second-order valence-corrected chi connectivity index (χ2v) is 7.98. The molecule has 1 saturated heterocycles. The number of guanidine groups is 1. The molecular weight excluding hydrogens is 400 g/mol. The van der Waals surface area contributed by atoms with Crippen molar-refractivity contribution in [3.05, 3.63) is 77.4 Å². The first-order valence-corrected chi connectivity index (χ1v) is 11.1. The Morgan fingerprint density at radius 3 is 2.44 bits per heavy atom. The molecule has 0 saturated carbocycles. The van der Waals surface area contributed by atoms with Gasteiger partial charge in [-0.05, 0) is 45.7 Å². The van der Waals surface area contributed by atoms with E-state index < -0.39 is 0 Å². The molecule has 1 heterocycles. The molecule has 0 atom stereocenters. The number of rotatable bonds is 7. The summed E-state index contributed by atoms with van der Waals surface area (Å²) in [6, 6.07) is 21.2. The summed E-state index contributed by atoms with van der Waals surface area (Å²) in [6.07, 6.45) is 0. The molecule has 168 valence electrons. The van der Waals surface area contributed by atoms with Gasteiger partial charge < -0.3 is 20.1 Å². The molecule has 4 rings (SSSR count). The normalized spacial score (nSPS) is 15.0. The maximum atomic E-state index is 5.47. The van der Waals surface area contributed by atoms with Crippen LogP contribution in [-0.4, -0.2) is 51.3 Å². The number of ether oxygens (including phenoxy) is 2. The predicted molar refractivity (Wildman–Crippen MR) is 130 cm³/mol. The van der Waals surface area contributed by atoms with Gasteiger partial charge in [0.2, 0.25) is 0 Å². The maximum Gasteiger partial charge on any atom is 0.191 e. The number of nitrogens with one attached hydrogen (secondary N) is 2. The minimum absolute atomic E-state index is 0.705. The zero-order valence-corrected chi connectivity index (χ0v) is 18.9. The average Bonchev–Trinajstić information content (AvgIpc) is 2.85. The highest BCUT2D eigenvalue weighted by Gasteiger charge is 2.13. The van der Waals surface area contributed by atoms with Crippen LogP contribution in [0.25, 0.3) is 10.8 Å². The van der Waals surface area contributed by atoms with E-state index in [0.29, 0.717) is 6.54 Å². The van der Waals surface area contributed by atoms with Gasteiger partial charge in [0.25, 0.3) is 0 Å². The number of methoxy groups -OCH3 is 1. The van der Waals surface area contributed by atoms with Crippen molar-refractivity contribution in [2.24, 2.45) is 4.99 Å². The lowest BCUT2D eigenvalue weighted by Gasteiger charge is -2.27. The zero-order valence-electron chi connectivity index (χ0n) is 18.9. The average molecular weight is 433 g/mol. The fourth-order valence-corrected chi connectivity index (χ4v) is 3.98. The van der Waals surface area contributed by atoms with E-state index in [9.17, 15) is 0 Å². The molecule has 3 aromatic carbocycles. The first-order chi connectivity index (χ1) is 15.7. The van der Waals surface area contributed by atoms with E-state index in [2.05, 4.69) is 75.1 Å². The van der Waals surface area contributed by atoms with Gasteiger partial charge in [-0.1, -0.05) is 42.5 Å². The van der Waals surface area contributed by atoms with Gasteiger partial charge in [0.15, 0.2) is 5.96 Å². The first-order valence-electron chi connectivity index (χ1n) is 11.1. The lowest BCUT2D eigenvalue weighted by Crippen LogP contribution is -2.37. The molecule has 0 bridgehead atoms. The van der Waals surface area contributed by atoms with Crippen LogP contribution in [0.5, 0.6) is 5.75 Å². The molecule has 3 aromatic rings. The first kappa shape index (κ1) is 22.1.